The molecule has 1 saturated carbocycles. The maximum atomic E-state index is 13.3. The smallest absolute Gasteiger partial charge is 0.230 e. The lowest BCUT2D eigenvalue weighted by Crippen LogP contribution is -2.43. The van der Waals surface area contributed by atoms with Crippen molar-refractivity contribution in [1.29, 1.82) is 0 Å². The lowest BCUT2D eigenvalue weighted by molar-refractivity contribution is -0.126. The van der Waals surface area contributed by atoms with Crippen molar-refractivity contribution < 1.29 is 4.79 Å². The Balaban J connectivity index is 1.48. The molecular formula is C27H29NO. The minimum absolute atomic E-state index is 0.195. The van der Waals surface area contributed by atoms with E-state index in [4.69, 9.17) is 0 Å². The second kappa shape index (κ2) is 9.09. The van der Waals surface area contributed by atoms with E-state index in [1.807, 2.05) is 18.2 Å². The summed E-state index contributed by atoms with van der Waals surface area (Å²) >= 11 is 0. The van der Waals surface area contributed by atoms with Gasteiger partial charge in [-0.2, -0.15) is 0 Å². The highest BCUT2D eigenvalue weighted by Gasteiger charge is 2.42. The van der Waals surface area contributed by atoms with Crippen molar-refractivity contribution in [2.75, 3.05) is 6.54 Å². The molecular weight excluding hydrogens is 354 g/mol. The SMILES string of the molecule is O=C(NCCC(c1ccccc1)c1ccccc1)C1(c2ccccc2)CCCC1. The molecule has 0 radical (unpaired) electrons. The van der Waals surface area contributed by atoms with Crippen molar-refractivity contribution in [2.45, 2.75) is 43.4 Å². The van der Waals surface area contributed by atoms with Crippen LogP contribution in [0.15, 0.2) is 91.0 Å². The summed E-state index contributed by atoms with van der Waals surface area (Å²) in [6, 6.07) is 31.5. The van der Waals surface area contributed by atoms with Crippen molar-refractivity contribution in [3.63, 3.8) is 0 Å². The predicted molar refractivity (Wildman–Crippen MR) is 119 cm³/mol. The molecule has 0 aliphatic heterocycles. The zero-order valence-electron chi connectivity index (χ0n) is 16.9. The van der Waals surface area contributed by atoms with Gasteiger partial charge in [0, 0.05) is 12.5 Å². The zero-order valence-corrected chi connectivity index (χ0v) is 16.9. The fourth-order valence-corrected chi connectivity index (χ4v) is 4.78. The topological polar surface area (TPSA) is 29.1 Å². The van der Waals surface area contributed by atoms with Gasteiger partial charge in [0.1, 0.15) is 0 Å². The second-order valence-electron chi connectivity index (χ2n) is 8.07. The van der Waals surface area contributed by atoms with Gasteiger partial charge >= 0.3 is 0 Å². The molecule has 4 rings (SSSR count). The first-order valence-electron chi connectivity index (χ1n) is 10.7. The van der Waals surface area contributed by atoms with Crippen molar-refractivity contribution in [1.82, 2.24) is 5.32 Å². The van der Waals surface area contributed by atoms with Crippen LogP contribution in [0.3, 0.4) is 0 Å². The summed E-state index contributed by atoms with van der Waals surface area (Å²) in [7, 11) is 0. The van der Waals surface area contributed by atoms with E-state index in [1.165, 1.54) is 11.1 Å². The van der Waals surface area contributed by atoms with Crippen molar-refractivity contribution in [3.8, 4) is 0 Å². The van der Waals surface area contributed by atoms with Gasteiger partial charge in [-0.15, -0.1) is 0 Å². The first-order chi connectivity index (χ1) is 14.3. The monoisotopic (exact) mass is 383 g/mol. The molecule has 0 bridgehead atoms. The summed E-state index contributed by atoms with van der Waals surface area (Å²) in [4.78, 5) is 13.3. The van der Waals surface area contributed by atoms with Crippen LogP contribution in [0.5, 0.6) is 0 Å². The maximum Gasteiger partial charge on any atom is 0.230 e. The highest BCUT2D eigenvalue weighted by atomic mass is 16.2. The maximum absolute atomic E-state index is 13.3. The molecule has 29 heavy (non-hydrogen) atoms. The van der Waals surface area contributed by atoms with Crippen molar-refractivity contribution >= 4 is 5.91 Å². The van der Waals surface area contributed by atoms with E-state index >= 15 is 0 Å². The minimum atomic E-state index is -0.351. The summed E-state index contributed by atoms with van der Waals surface area (Å²) in [5.74, 6) is 0.482. The fourth-order valence-electron chi connectivity index (χ4n) is 4.78. The van der Waals surface area contributed by atoms with Gasteiger partial charge in [-0.05, 0) is 36.0 Å². The molecule has 0 unspecified atom stereocenters. The minimum Gasteiger partial charge on any atom is -0.355 e. The van der Waals surface area contributed by atoms with Crippen LogP contribution in [-0.4, -0.2) is 12.5 Å². The van der Waals surface area contributed by atoms with Crippen LogP contribution in [0.1, 0.15) is 54.7 Å². The largest absolute Gasteiger partial charge is 0.355 e. The van der Waals surface area contributed by atoms with Crippen LogP contribution >= 0.6 is 0 Å². The van der Waals surface area contributed by atoms with E-state index in [-0.39, 0.29) is 17.2 Å². The molecule has 0 spiro atoms. The van der Waals surface area contributed by atoms with Crippen LogP contribution in [0.25, 0.3) is 0 Å². The Morgan fingerprint density at radius 3 is 1.76 bits per heavy atom. The van der Waals surface area contributed by atoms with Crippen molar-refractivity contribution in [2.24, 2.45) is 0 Å². The van der Waals surface area contributed by atoms with Gasteiger partial charge in [0.05, 0.1) is 5.41 Å². The molecule has 0 aromatic heterocycles. The molecule has 1 fully saturated rings. The molecule has 2 heteroatoms. The number of amides is 1. The van der Waals surface area contributed by atoms with Crippen molar-refractivity contribution in [3.05, 3.63) is 108 Å². The number of carbonyl (C=O) groups is 1. The van der Waals surface area contributed by atoms with E-state index in [2.05, 4.69) is 78.1 Å². The highest BCUT2D eigenvalue weighted by Crippen LogP contribution is 2.41. The molecule has 0 saturated heterocycles. The Bertz CT molecular complexity index is 860. The van der Waals surface area contributed by atoms with Gasteiger partial charge in [-0.3, -0.25) is 4.79 Å². The first kappa shape index (κ1) is 19.4. The van der Waals surface area contributed by atoms with Crippen LogP contribution in [0, 0.1) is 0 Å². The Kier molecular flexibility index (Phi) is 6.09. The molecule has 0 heterocycles. The Morgan fingerprint density at radius 1 is 0.759 bits per heavy atom. The quantitative estimate of drug-likeness (QED) is 0.546. The van der Waals surface area contributed by atoms with E-state index in [1.54, 1.807) is 0 Å². The third-order valence-corrected chi connectivity index (χ3v) is 6.34. The van der Waals surface area contributed by atoms with Gasteiger partial charge in [-0.25, -0.2) is 0 Å². The average Bonchev–Trinajstić information content (AvgIpc) is 3.30. The standard InChI is InChI=1S/C27H29NO/c29-26(27(19-10-11-20-27)24-16-8-3-9-17-24)28-21-18-25(22-12-4-1-5-13-22)23-14-6-2-7-15-23/h1-9,12-17,25H,10-11,18-21H2,(H,28,29). The lowest BCUT2D eigenvalue weighted by Gasteiger charge is -2.29. The Labute approximate surface area is 174 Å². The fraction of sp³-hybridized carbons (Fsp3) is 0.296. The van der Waals surface area contributed by atoms with Crippen LogP contribution in [0.4, 0.5) is 0 Å². The Hall–Kier alpha value is -2.87. The number of rotatable bonds is 7. The molecule has 1 amide bonds. The van der Waals surface area contributed by atoms with Gasteiger partial charge in [0.15, 0.2) is 0 Å². The zero-order chi connectivity index (χ0) is 19.9. The Morgan fingerprint density at radius 2 is 1.24 bits per heavy atom. The summed E-state index contributed by atoms with van der Waals surface area (Å²) in [6.07, 6.45) is 5.04. The molecule has 148 valence electrons. The average molecular weight is 384 g/mol. The van der Waals surface area contributed by atoms with E-state index in [0.29, 0.717) is 6.54 Å². The number of carbonyl (C=O) groups excluding carboxylic acids is 1. The van der Waals surface area contributed by atoms with Gasteiger partial charge < -0.3 is 5.32 Å². The number of hydrogen-bond donors (Lipinski definition) is 1. The first-order valence-corrected chi connectivity index (χ1v) is 10.7. The van der Waals surface area contributed by atoms with Gasteiger partial charge in [0.2, 0.25) is 5.91 Å². The van der Waals surface area contributed by atoms with E-state index in [9.17, 15) is 4.79 Å². The highest BCUT2D eigenvalue weighted by molar-refractivity contribution is 5.88. The normalized spacial score (nSPS) is 15.3. The van der Waals surface area contributed by atoms with E-state index in [0.717, 1.165) is 37.7 Å². The molecule has 3 aromatic rings. The molecule has 1 aliphatic rings. The summed E-state index contributed by atoms with van der Waals surface area (Å²) in [5, 5.41) is 3.29. The third-order valence-electron chi connectivity index (χ3n) is 6.34. The summed E-state index contributed by atoms with van der Waals surface area (Å²) in [6.45, 7) is 0.682. The van der Waals surface area contributed by atoms with Crippen LogP contribution in [0.2, 0.25) is 0 Å². The number of benzene rings is 3. The van der Waals surface area contributed by atoms with E-state index < -0.39 is 0 Å². The van der Waals surface area contributed by atoms with Gasteiger partial charge in [-0.1, -0.05) is 104 Å². The molecule has 1 aliphatic carbocycles. The predicted octanol–water partition coefficient (Wildman–Crippen LogP) is 5.84. The molecule has 1 N–H and O–H groups in total. The number of nitrogens with one attached hydrogen (secondary N) is 1. The third kappa shape index (κ3) is 4.27. The van der Waals surface area contributed by atoms with Gasteiger partial charge in [0.25, 0.3) is 0 Å². The number of hydrogen-bond acceptors (Lipinski definition) is 1. The molecule has 0 atom stereocenters. The summed E-state index contributed by atoms with van der Waals surface area (Å²) in [5.41, 5.74) is 3.41. The summed E-state index contributed by atoms with van der Waals surface area (Å²) < 4.78 is 0. The molecule has 2 nitrogen and oxygen atoms in total. The van der Waals surface area contributed by atoms with Crippen LogP contribution < -0.4 is 5.32 Å². The van der Waals surface area contributed by atoms with Crippen LogP contribution in [-0.2, 0) is 10.2 Å². The molecule has 3 aromatic carbocycles. The second-order valence-corrected chi connectivity index (χ2v) is 8.07. The lowest BCUT2D eigenvalue weighted by atomic mass is 9.78.